The summed E-state index contributed by atoms with van der Waals surface area (Å²) in [6.45, 7) is 2.69. The first kappa shape index (κ1) is 15.1. The number of fused-ring (bicyclic) bond motifs is 1. The molecule has 0 radical (unpaired) electrons. The molecule has 0 fully saturated rings. The van der Waals surface area contributed by atoms with Crippen molar-refractivity contribution in [3.63, 3.8) is 0 Å². The largest absolute Gasteiger partial charge is 0.296 e. The summed E-state index contributed by atoms with van der Waals surface area (Å²) < 4.78 is 26.9. The van der Waals surface area contributed by atoms with Gasteiger partial charge in [0.05, 0.1) is 10.6 Å². The van der Waals surface area contributed by atoms with Crippen LogP contribution >= 0.6 is 0 Å². The van der Waals surface area contributed by atoms with Crippen molar-refractivity contribution in [2.75, 3.05) is 19.6 Å². The van der Waals surface area contributed by atoms with Crippen LogP contribution in [0.25, 0.3) is 0 Å². The van der Waals surface area contributed by atoms with E-state index >= 15 is 0 Å². The Morgan fingerprint density at radius 2 is 2.05 bits per heavy atom. The zero-order valence-corrected chi connectivity index (χ0v) is 13.0. The standard InChI is InChI=1S/C15H18N4O2S/c20-22(21,14-4-2-1-3-5-14)18-7-9-19-8-6-13-10-16-12-17-15(13)11-19/h1-5,10,12,18H,6-9,11H2. The lowest BCUT2D eigenvalue weighted by atomic mass is 10.1. The molecule has 0 saturated heterocycles. The third-order valence-electron chi connectivity index (χ3n) is 3.73. The third-order valence-corrected chi connectivity index (χ3v) is 5.20. The third kappa shape index (κ3) is 3.49. The number of sulfonamides is 1. The predicted octanol–water partition coefficient (Wildman–Crippen LogP) is 0.813. The molecule has 116 valence electrons. The van der Waals surface area contributed by atoms with Crippen LogP contribution in [0.3, 0.4) is 0 Å². The second-order valence-electron chi connectivity index (χ2n) is 5.23. The van der Waals surface area contributed by atoms with E-state index in [-0.39, 0.29) is 0 Å². The number of benzene rings is 1. The zero-order chi connectivity index (χ0) is 15.4. The number of nitrogens with one attached hydrogen (secondary N) is 1. The van der Waals surface area contributed by atoms with Crippen molar-refractivity contribution < 1.29 is 8.42 Å². The van der Waals surface area contributed by atoms with E-state index in [1.54, 1.807) is 36.7 Å². The van der Waals surface area contributed by atoms with Gasteiger partial charge in [0, 0.05) is 32.4 Å². The summed E-state index contributed by atoms with van der Waals surface area (Å²) in [5.74, 6) is 0. The Bertz CT molecular complexity index is 734. The Hall–Kier alpha value is -1.83. The van der Waals surface area contributed by atoms with E-state index in [0.717, 1.165) is 25.2 Å². The van der Waals surface area contributed by atoms with E-state index in [4.69, 9.17) is 0 Å². The van der Waals surface area contributed by atoms with Gasteiger partial charge in [0.15, 0.2) is 0 Å². The van der Waals surface area contributed by atoms with E-state index in [1.807, 2.05) is 6.20 Å². The second-order valence-corrected chi connectivity index (χ2v) is 7.00. The topological polar surface area (TPSA) is 75.2 Å². The summed E-state index contributed by atoms with van der Waals surface area (Å²) in [7, 11) is -3.42. The summed E-state index contributed by atoms with van der Waals surface area (Å²) in [5, 5.41) is 0. The van der Waals surface area contributed by atoms with Crippen molar-refractivity contribution in [1.29, 1.82) is 0 Å². The Kier molecular flexibility index (Phi) is 4.47. The molecule has 0 saturated carbocycles. The summed E-state index contributed by atoms with van der Waals surface area (Å²) >= 11 is 0. The molecule has 0 amide bonds. The molecule has 0 bridgehead atoms. The molecule has 0 unspecified atom stereocenters. The Morgan fingerprint density at radius 3 is 2.86 bits per heavy atom. The Labute approximate surface area is 130 Å². The van der Waals surface area contributed by atoms with Crippen LogP contribution < -0.4 is 4.72 Å². The van der Waals surface area contributed by atoms with E-state index in [0.29, 0.717) is 18.0 Å². The van der Waals surface area contributed by atoms with Crippen molar-refractivity contribution in [1.82, 2.24) is 19.6 Å². The number of aromatic nitrogens is 2. The zero-order valence-electron chi connectivity index (χ0n) is 12.1. The molecule has 1 aliphatic rings. The second kappa shape index (κ2) is 6.51. The highest BCUT2D eigenvalue weighted by Gasteiger charge is 2.18. The van der Waals surface area contributed by atoms with Crippen molar-refractivity contribution in [3.05, 3.63) is 54.1 Å². The van der Waals surface area contributed by atoms with Gasteiger partial charge in [0.25, 0.3) is 0 Å². The van der Waals surface area contributed by atoms with Crippen LogP contribution in [-0.4, -0.2) is 42.9 Å². The Balaban J connectivity index is 1.54. The number of hydrogen-bond donors (Lipinski definition) is 1. The molecule has 1 aromatic heterocycles. The molecule has 1 aromatic carbocycles. The normalized spacial score (nSPS) is 15.5. The highest BCUT2D eigenvalue weighted by molar-refractivity contribution is 7.89. The minimum atomic E-state index is -3.42. The molecule has 2 heterocycles. The van der Waals surface area contributed by atoms with Crippen LogP contribution in [0.4, 0.5) is 0 Å². The average Bonchev–Trinajstić information content (AvgIpc) is 2.55. The van der Waals surface area contributed by atoms with Crippen LogP contribution in [0.1, 0.15) is 11.3 Å². The lowest BCUT2D eigenvalue weighted by Crippen LogP contribution is -2.38. The SMILES string of the molecule is O=S(=O)(NCCN1CCc2cncnc2C1)c1ccccc1. The highest BCUT2D eigenvalue weighted by Crippen LogP contribution is 2.14. The van der Waals surface area contributed by atoms with Gasteiger partial charge in [0.1, 0.15) is 6.33 Å². The van der Waals surface area contributed by atoms with Crippen LogP contribution in [0.5, 0.6) is 0 Å². The van der Waals surface area contributed by atoms with E-state index in [9.17, 15) is 8.42 Å². The molecule has 3 rings (SSSR count). The van der Waals surface area contributed by atoms with E-state index in [1.165, 1.54) is 5.56 Å². The van der Waals surface area contributed by atoms with Gasteiger partial charge in [-0.25, -0.2) is 23.1 Å². The van der Waals surface area contributed by atoms with Crippen molar-refractivity contribution in [3.8, 4) is 0 Å². The van der Waals surface area contributed by atoms with Gasteiger partial charge in [0.2, 0.25) is 10.0 Å². The summed E-state index contributed by atoms with van der Waals surface area (Å²) in [6.07, 6.45) is 4.32. The van der Waals surface area contributed by atoms with Crippen LogP contribution in [-0.2, 0) is 23.0 Å². The molecule has 0 aliphatic carbocycles. The first-order chi connectivity index (χ1) is 10.6. The quantitative estimate of drug-likeness (QED) is 0.883. The van der Waals surface area contributed by atoms with Gasteiger partial charge < -0.3 is 0 Å². The smallest absolute Gasteiger partial charge is 0.240 e. The maximum Gasteiger partial charge on any atom is 0.240 e. The lowest BCUT2D eigenvalue weighted by molar-refractivity contribution is 0.254. The molecular weight excluding hydrogens is 300 g/mol. The van der Waals surface area contributed by atoms with Crippen LogP contribution in [0, 0.1) is 0 Å². The molecule has 0 atom stereocenters. The fourth-order valence-electron chi connectivity index (χ4n) is 2.52. The van der Waals surface area contributed by atoms with Crippen LogP contribution in [0.2, 0.25) is 0 Å². The Morgan fingerprint density at radius 1 is 1.23 bits per heavy atom. The monoisotopic (exact) mass is 318 g/mol. The molecule has 1 aliphatic heterocycles. The number of nitrogens with zero attached hydrogens (tertiary/aromatic N) is 3. The van der Waals surface area contributed by atoms with E-state index < -0.39 is 10.0 Å². The average molecular weight is 318 g/mol. The maximum absolute atomic E-state index is 12.1. The van der Waals surface area contributed by atoms with Gasteiger partial charge in [-0.1, -0.05) is 18.2 Å². The summed E-state index contributed by atoms with van der Waals surface area (Å²) in [5.41, 5.74) is 2.22. The highest BCUT2D eigenvalue weighted by atomic mass is 32.2. The van der Waals surface area contributed by atoms with Crippen molar-refractivity contribution in [2.45, 2.75) is 17.9 Å². The van der Waals surface area contributed by atoms with Gasteiger partial charge in [-0.15, -0.1) is 0 Å². The van der Waals surface area contributed by atoms with Gasteiger partial charge in [-0.05, 0) is 24.1 Å². The molecular formula is C15H18N4O2S. The number of hydrogen-bond acceptors (Lipinski definition) is 5. The predicted molar refractivity (Wildman–Crippen MR) is 82.6 cm³/mol. The summed E-state index contributed by atoms with van der Waals surface area (Å²) in [6, 6.07) is 8.42. The first-order valence-electron chi connectivity index (χ1n) is 7.20. The lowest BCUT2D eigenvalue weighted by Gasteiger charge is -2.27. The van der Waals surface area contributed by atoms with Crippen LogP contribution in [0.15, 0.2) is 47.8 Å². The number of rotatable bonds is 5. The molecule has 7 heteroatoms. The minimum absolute atomic E-state index is 0.298. The fourth-order valence-corrected chi connectivity index (χ4v) is 3.56. The molecule has 1 N–H and O–H groups in total. The summed E-state index contributed by atoms with van der Waals surface area (Å²) in [4.78, 5) is 10.8. The van der Waals surface area contributed by atoms with Gasteiger partial charge >= 0.3 is 0 Å². The van der Waals surface area contributed by atoms with Crippen molar-refractivity contribution >= 4 is 10.0 Å². The fraction of sp³-hybridized carbons (Fsp3) is 0.333. The van der Waals surface area contributed by atoms with Crippen molar-refractivity contribution in [2.24, 2.45) is 0 Å². The molecule has 22 heavy (non-hydrogen) atoms. The maximum atomic E-state index is 12.1. The molecule has 6 nitrogen and oxygen atoms in total. The van der Waals surface area contributed by atoms with E-state index in [2.05, 4.69) is 19.6 Å². The first-order valence-corrected chi connectivity index (χ1v) is 8.68. The molecule has 0 spiro atoms. The molecule has 2 aromatic rings. The van der Waals surface area contributed by atoms with Gasteiger partial charge in [-0.2, -0.15) is 0 Å². The van der Waals surface area contributed by atoms with Gasteiger partial charge in [-0.3, -0.25) is 4.90 Å². The minimum Gasteiger partial charge on any atom is -0.296 e.